The van der Waals surface area contributed by atoms with Gasteiger partial charge in [-0.25, -0.2) is 4.98 Å². The average Bonchev–Trinajstić information content (AvgIpc) is 2.44. The van der Waals surface area contributed by atoms with Gasteiger partial charge in [-0.2, -0.15) is 0 Å². The van der Waals surface area contributed by atoms with Gasteiger partial charge in [0.15, 0.2) is 0 Å². The van der Waals surface area contributed by atoms with Crippen molar-refractivity contribution in [3.63, 3.8) is 0 Å². The molecule has 0 radical (unpaired) electrons. The predicted octanol–water partition coefficient (Wildman–Crippen LogP) is 4.20. The second-order valence-corrected chi connectivity index (χ2v) is 5.09. The van der Waals surface area contributed by atoms with Crippen molar-refractivity contribution in [1.29, 1.82) is 0 Å². The molecule has 0 aliphatic heterocycles. The Hall–Kier alpha value is -1.48. The molecule has 0 spiro atoms. The molecule has 2 nitrogen and oxygen atoms in total. The maximum absolute atomic E-state index is 4.59. The van der Waals surface area contributed by atoms with Crippen LogP contribution < -0.4 is 5.32 Å². The van der Waals surface area contributed by atoms with Crippen molar-refractivity contribution in [2.24, 2.45) is 0 Å². The molecule has 0 bridgehead atoms. The molecule has 3 heteroatoms. The lowest BCUT2D eigenvalue weighted by atomic mass is 10.3. The number of hydrogen-bond acceptors (Lipinski definition) is 3. The smallest absolute Gasteiger partial charge is 0.126 e. The quantitative estimate of drug-likeness (QED) is 0.786. The van der Waals surface area contributed by atoms with Crippen LogP contribution in [-0.4, -0.2) is 11.5 Å². The van der Waals surface area contributed by atoms with Gasteiger partial charge in [0.25, 0.3) is 0 Å². The summed E-state index contributed by atoms with van der Waals surface area (Å²) in [5.41, 5.74) is 1.12. The molecule has 1 aromatic heterocycles. The van der Waals surface area contributed by atoms with Crippen molar-refractivity contribution >= 4 is 17.6 Å². The molecule has 1 heterocycles. The van der Waals surface area contributed by atoms with Crippen molar-refractivity contribution in [2.75, 3.05) is 11.9 Å². The second kappa shape index (κ2) is 7.07. The third kappa shape index (κ3) is 4.08. The molecule has 0 saturated carbocycles. The second-order valence-electron chi connectivity index (χ2n) is 4.04. The van der Waals surface area contributed by atoms with E-state index in [9.17, 15) is 0 Å². The van der Waals surface area contributed by atoms with Crippen molar-refractivity contribution in [3.05, 3.63) is 54.2 Å². The highest BCUT2D eigenvalue weighted by Crippen LogP contribution is 2.21. The van der Waals surface area contributed by atoms with Gasteiger partial charge in [-0.05, 0) is 30.7 Å². The Morgan fingerprint density at radius 3 is 2.67 bits per heavy atom. The number of nitrogens with one attached hydrogen (secondary N) is 1. The van der Waals surface area contributed by atoms with Crippen LogP contribution in [0.5, 0.6) is 0 Å². The number of nitrogens with zero attached hydrogens (tertiary/aromatic N) is 1. The number of rotatable bonds is 6. The zero-order chi connectivity index (χ0) is 12.6. The van der Waals surface area contributed by atoms with Crippen LogP contribution in [0, 0.1) is 0 Å². The van der Waals surface area contributed by atoms with Crippen LogP contribution in [0.25, 0.3) is 0 Å². The Morgan fingerprint density at radius 2 is 1.89 bits per heavy atom. The molecule has 0 amide bonds. The number of hydrogen-bond donors (Lipinski definition) is 1. The van der Waals surface area contributed by atoms with Crippen LogP contribution in [0.3, 0.4) is 0 Å². The number of pyridine rings is 1. The molecule has 0 aliphatic carbocycles. The molecule has 0 unspecified atom stereocenters. The van der Waals surface area contributed by atoms with Gasteiger partial charge in [-0.1, -0.05) is 31.2 Å². The Bertz CT molecular complexity index is 471. The van der Waals surface area contributed by atoms with E-state index in [1.54, 1.807) is 0 Å². The van der Waals surface area contributed by atoms with E-state index in [1.165, 1.54) is 4.90 Å². The predicted molar refractivity (Wildman–Crippen MR) is 79.0 cm³/mol. The number of aromatic nitrogens is 1. The summed E-state index contributed by atoms with van der Waals surface area (Å²) in [5, 5.41) is 3.31. The van der Waals surface area contributed by atoms with Gasteiger partial charge in [0.2, 0.25) is 0 Å². The highest BCUT2D eigenvalue weighted by molar-refractivity contribution is 7.98. The standard InChI is InChI=1S/C15H18N2S/c1-2-11-16-15-10-6-7-13(17-15)12-18-14-8-4-3-5-9-14/h3-10H,2,11-12H2,1H3,(H,16,17). The SMILES string of the molecule is CCCNc1cccc(CSc2ccccc2)n1. The number of thioether (sulfide) groups is 1. The first-order valence-corrected chi connectivity index (χ1v) is 7.24. The fourth-order valence-corrected chi connectivity index (χ4v) is 2.41. The lowest BCUT2D eigenvalue weighted by molar-refractivity contribution is 0.965. The summed E-state index contributed by atoms with van der Waals surface area (Å²) in [4.78, 5) is 5.88. The first-order valence-electron chi connectivity index (χ1n) is 6.26. The maximum atomic E-state index is 4.59. The van der Waals surface area contributed by atoms with Crippen molar-refractivity contribution < 1.29 is 0 Å². The van der Waals surface area contributed by atoms with E-state index in [-0.39, 0.29) is 0 Å². The first-order chi connectivity index (χ1) is 8.88. The lowest BCUT2D eigenvalue weighted by Gasteiger charge is -2.06. The summed E-state index contributed by atoms with van der Waals surface area (Å²) < 4.78 is 0. The molecule has 18 heavy (non-hydrogen) atoms. The summed E-state index contributed by atoms with van der Waals surface area (Å²) in [6.45, 7) is 3.13. The van der Waals surface area contributed by atoms with Crippen molar-refractivity contribution in [3.8, 4) is 0 Å². The molecule has 1 aromatic carbocycles. The highest BCUT2D eigenvalue weighted by atomic mass is 32.2. The van der Waals surface area contributed by atoms with E-state index in [1.807, 2.05) is 23.9 Å². The summed E-state index contributed by atoms with van der Waals surface area (Å²) in [6.07, 6.45) is 1.12. The summed E-state index contributed by atoms with van der Waals surface area (Å²) in [5.74, 6) is 1.88. The third-order valence-electron chi connectivity index (χ3n) is 2.49. The van der Waals surface area contributed by atoms with E-state index in [4.69, 9.17) is 0 Å². The molecule has 0 saturated heterocycles. The van der Waals surface area contributed by atoms with Gasteiger partial charge >= 0.3 is 0 Å². The van der Waals surface area contributed by atoms with Gasteiger partial charge in [0.1, 0.15) is 5.82 Å². The molecule has 0 fully saturated rings. The summed E-state index contributed by atoms with van der Waals surface area (Å²) in [6, 6.07) is 16.6. The van der Waals surface area contributed by atoms with Crippen LogP contribution >= 0.6 is 11.8 Å². The Labute approximate surface area is 113 Å². The van der Waals surface area contributed by atoms with Crippen LogP contribution in [0.4, 0.5) is 5.82 Å². The van der Waals surface area contributed by atoms with Crippen LogP contribution in [0.2, 0.25) is 0 Å². The topological polar surface area (TPSA) is 24.9 Å². The third-order valence-corrected chi connectivity index (χ3v) is 3.54. The minimum absolute atomic E-state index is 0.908. The zero-order valence-electron chi connectivity index (χ0n) is 10.6. The molecule has 1 N–H and O–H groups in total. The Kier molecular flexibility index (Phi) is 5.09. The Morgan fingerprint density at radius 1 is 1.06 bits per heavy atom. The van der Waals surface area contributed by atoms with Crippen molar-refractivity contribution in [2.45, 2.75) is 24.0 Å². The number of benzene rings is 1. The fraction of sp³-hybridized carbons (Fsp3) is 0.267. The first kappa shape index (κ1) is 13.0. The van der Waals surface area contributed by atoms with Gasteiger partial charge < -0.3 is 5.32 Å². The zero-order valence-corrected chi connectivity index (χ0v) is 11.4. The average molecular weight is 258 g/mol. The molecule has 0 atom stereocenters. The molecular weight excluding hydrogens is 240 g/mol. The van der Waals surface area contributed by atoms with E-state index in [0.717, 1.165) is 30.2 Å². The molecule has 0 aliphatic rings. The van der Waals surface area contributed by atoms with Gasteiger partial charge in [-0.15, -0.1) is 11.8 Å². The van der Waals surface area contributed by atoms with Crippen LogP contribution in [-0.2, 0) is 5.75 Å². The van der Waals surface area contributed by atoms with Crippen LogP contribution in [0.15, 0.2) is 53.4 Å². The Balaban J connectivity index is 1.93. The van der Waals surface area contributed by atoms with E-state index in [2.05, 4.69) is 53.6 Å². The van der Waals surface area contributed by atoms with E-state index < -0.39 is 0 Å². The fourth-order valence-electron chi connectivity index (χ4n) is 1.59. The molecule has 2 rings (SSSR count). The van der Waals surface area contributed by atoms with Crippen LogP contribution in [0.1, 0.15) is 19.0 Å². The normalized spacial score (nSPS) is 10.3. The monoisotopic (exact) mass is 258 g/mol. The summed E-state index contributed by atoms with van der Waals surface area (Å²) in [7, 11) is 0. The largest absolute Gasteiger partial charge is 0.370 e. The summed E-state index contributed by atoms with van der Waals surface area (Å²) >= 11 is 1.82. The van der Waals surface area contributed by atoms with E-state index in [0.29, 0.717) is 0 Å². The van der Waals surface area contributed by atoms with E-state index >= 15 is 0 Å². The van der Waals surface area contributed by atoms with Gasteiger partial charge in [-0.3, -0.25) is 0 Å². The molecular formula is C15H18N2S. The highest BCUT2D eigenvalue weighted by Gasteiger charge is 1.99. The molecule has 94 valence electrons. The minimum atomic E-state index is 0.908. The maximum Gasteiger partial charge on any atom is 0.126 e. The minimum Gasteiger partial charge on any atom is -0.370 e. The molecule has 2 aromatic rings. The van der Waals surface area contributed by atoms with Gasteiger partial charge in [0.05, 0.1) is 5.69 Å². The lowest BCUT2D eigenvalue weighted by Crippen LogP contribution is -2.02. The number of anilines is 1. The van der Waals surface area contributed by atoms with Crippen molar-refractivity contribution in [1.82, 2.24) is 4.98 Å². The van der Waals surface area contributed by atoms with Gasteiger partial charge in [0, 0.05) is 17.2 Å².